The van der Waals surface area contributed by atoms with Gasteiger partial charge in [0.05, 0.1) is 16.5 Å². The summed E-state index contributed by atoms with van der Waals surface area (Å²) < 4.78 is 5.34. The molecule has 0 heterocycles. The van der Waals surface area contributed by atoms with Crippen LogP contribution in [0.4, 0.5) is 5.69 Å². The van der Waals surface area contributed by atoms with Gasteiger partial charge in [-0.2, -0.15) is 0 Å². The molecule has 8 heteroatoms. The van der Waals surface area contributed by atoms with E-state index in [0.717, 1.165) is 11.6 Å². The number of rotatable bonds is 8. The summed E-state index contributed by atoms with van der Waals surface area (Å²) >= 11 is 5.86. The Balaban J connectivity index is 2.00. The molecule has 26 heavy (non-hydrogen) atoms. The van der Waals surface area contributed by atoms with Crippen molar-refractivity contribution in [2.24, 2.45) is 0 Å². The molecule has 0 aliphatic carbocycles. The summed E-state index contributed by atoms with van der Waals surface area (Å²) in [5, 5.41) is 14.2. The number of halogens is 1. The quantitative estimate of drug-likeness (QED) is 0.430. The molecule has 2 aromatic carbocycles. The van der Waals surface area contributed by atoms with Gasteiger partial charge in [0, 0.05) is 17.2 Å². The van der Waals surface area contributed by atoms with Gasteiger partial charge in [0.15, 0.2) is 12.9 Å². The van der Waals surface area contributed by atoms with Gasteiger partial charge in [-0.3, -0.25) is 19.7 Å². The molecule has 136 valence electrons. The van der Waals surface area contributed by atoms with E-state index in [2.05, 4.69) is 5.32 Å². The number of non-ortho nitro benzene ring substituents is 1. The summed E-state index contributed by atoms with van der Waals surface area (Å²) in [4.78, 5) is 33.3. The fourth-order valence-corrected chi connectivity index (χ4v) is 2.49. The first-order valence-corrected chi connectivity index (χ1v) is 8.23. The molecule has 1 unspecified atom stereocenters. The maximum absolute atomic E-state index is 12.1. The minimum atomic E-state index is -0.610. The Morgan fingerprint density at radius 1 is 1.31 bits per heavy atom. The first-order valence-electron chi connectivity index (χ1n) is 7.85. The zero-order chi connectivity index (χ0) is 19.1. The van der Waals surface area contributed by atoms with Gasteiger partial charge < -0.3 is 10.1 Å². The van der Waals surface area contributed by atoms with Gasteiger partial charge in [0.1, 0.15) is 5.75 Å². The predicted molar refractivity (Wildman–Crippen MR) is 96.6 cm³/mol. The maximum atomic E-state index is 12.1. The van der Waals surface area contributed by atoms with Crippen molar-refractivity contribution < 1.29 is 19.2 Å². The molecule has 1 atom stereocenters. The summed E-state index contributed by atoms with van der Waals surface area (Å²) in [5.41, 5.74) is 0.698. The zero-order valence-electron chi connectivity index (χ0n) is 14.0. The molecular weight excluding hydrogens is 360 g/mol. The van der Waals surface area contributed by atoms with Crippen molar-refractivity contribution in [1.29, 1.82) is 0 Å². The minimum absolute atomic E-state index is 0.0109. The Hall–Kier alpha value is -2.93. The third-order valence-electron chi connectivity index (χ3n) is 3.71. The number of carbonyl (C=O) groups excluding carboxylic acids is 2. The maximum Gasteiger partial charge on any atom is 0.270 e. The Morgan fingerprint density at radius 2 is 2.00 bits per heavy atom. The first-order chi connectivity index (χ1) is 12.4. The van der Waals surface area contributed by atoms with Gasteiger partial charge in [-0.05, 0) is 30.2 Å². The number of nitro benzene ring substituents is 1. The van der Waals surface area contributed by atoms with E-state index in [4.69, 9.17) is 16.3 Å². The van der Waals surface area contributed by atoms with E-state index in [1.54, 1.807) is 12.1 Å². The average Bonchev–Trinajstić information content (AvgIpc) is 2.65. The molecule has 0 radical (unpaired) electrons. The molecule has 2 rings (SSSR count). The van der Waals surface area contributed by atoms with Crippen molar-refractivity contribution in [2.75, 3.05) is 6.61 Å². The van der Waals surface area contributed by atoms with Crippen LogP contribution in [0.15, 0.2) is 42.5 Å². The summed E-state index contributed by atoms with van der Waals surface area (Å²) in [7, 11) is 0. The number of aldehydes is 1. The highest BCUT2D eigenvalue weighted by Gasteiger charge is 2.15. The number of nitrogens with zero attached hydrogens (tertiary/aromatic N) is 1. The molecule has 0 aliphatic heterocycles. The third kappa shape index (κ3) is 5.03. The molecule has 1 amide bonds. The Bertz CT molecular complexity index is 808. The average molecular weight is 377 g/mol. The number of benzene rings is 2. The van der Waals surface area contributed by atoms with Crippen molar-refractivity contribution in [3.05, 3.63) is 68.7 Å². The number of amides is 1. The summed E-state index contributed by atoms with van der Waals surface area (Å²) in [6, 6.07) is 10.6. The van der Waals surface area contributed by atoms with Crippen LogP contribution >= 0.6 is 11.6 Å². The molecule has 7 nitrogen and oxygen atoms in total. The second-order valence-corrected chi connectivity index (χ2v) is 5.90. The van der Waals surface area contributed by atoms with E-state index < -0.39 is 4.92 Å². The lowest BCUT2D eigenvalue weighted by molar-refractivity contribution is -0.384. The molecule has 0 spiro atoms. The molecule has 0 fully saturated rings. The van der Waals surface area contributed by atoms with E-state index in [9.17, 15) is 19.7 Å². The van der Waals surface area contributed by atoms with Crippen molar-refractivity contribution in [1.82, 2.24) is 5.32 Å². The van der Waals surface area contributed by atoms with Crippen molar-refractivity contribution in [3.63, 3.8) is 0 Å². The van der Waals surface area contributed by atoms with Crippen LogP contribution in [0.5, 0.6) is 5.75 Å². The molecule has 0 aliphatic rings. The van der Waals surface area contributed by atoms with Crippen molar-refractivity contribution >= 4 is 29.5 Å². The van der Waals surface area contributed by atoms with Gasteiger partial charge in [0.2, 0.25) is 0 Å². The Labute approximate surface area is 155 Å². The number of nitrogens with one attached hydrogen (secondary N) is 1. The SMILES string of the molecule is CCC(NC(=O)COc1ccc([N+](=O)[O-])cc1C=O)c1ccc(Cl)cc1. The zero-order valence-corrected chi connectivity index (χ0v) is 14.7. The number of ether oxygens (including phenoxy) is 1. The highest BCUT2D eigenvalue weighted by molar-refractivity contribution is 6.30. The fourth-order valence-electron chi connectivity index (χ4n) is 2.37. The third-order valence-corrected chi connectivity index (χ3v) is 3.96. The van der Waals surface area contributed by atoms with Crippen LogP contribution in [0.25, 0.3) is 0 Å². The normalized spacial score (nSPS) is 11.5. The lowest BCUT2D eigenvalue weighted by Gasteiger charge is -2.18. The lowest BCUT2D eigenvalue weighted by atomic mass is 10.0. The number of carbonyl (C=O) groups is 2. The smallest absolute Gasteiger partial charge is 0.270 e. The van der Waals surface area contributed by atoms with Crippen LogP contribution in [0.3, 0.4) is 0 Å². The molecule has 0 aromatic heterocycles. The molecule has 0 saturated carbocycles. The van der Waals surface area contributed by atoms with Crippen LogP contribution < -0.4 is 10.1 Å². The standard InChI is InChI=1S/C18H17ClN2O5/c1-2-16(12-3-5-14(19)6-4-12)20-18(23)11-26-17-8-7-15(21(24)25)9-13(17)10-22/h3-10,16H,2,11H2,1H3,(H,20,23). The lowest BCUT2D eigenvalue weighted by Crippen LogP contribution is -2.32. The van der Waals surface area contributed by atoms with Crippen molar-refractivity contribution in [2.45, 2.75) is 19.4 Å². The van der Waals surface area contributed by atoms with Crippen molar-refractivity contribution in [3.8, 4) is 5.75 Å². The van der Waals surface area contributed by atoms with Gasteiger partial charge >= 0.3 is 0 Å². The number of nitro groups is 1. The summed E-state index contributed by atoms with van der Waals surface area (Å²) in [6.45, 7) is 1.62. The van der Waals surface area contributed by atoms with E-state index in [1.807, 2.05) is 19.1 Å². The molecule has 1 N–H and O–H groups in total. The first kappa shape index (κ1) is 19.4. The highest BCUT2D eigenvalue weighted by Crippen LogP contribution is 2.23. The second-order valence-electron chi connectivity index (χ2n) is 5.47. The predicted octanol–water partition coefficient (Wildman–Crippen LogP) is 3.71. The number of hydrogen-bond donors (Lipinski definition) is 1. The fraction of sp³-hybridized carbons (Fsp3) is 0.222. The van der Waals surface area contributed by atoms with Crippen LogP contribution in [0.1, 0.15) is 35.3 Å². The monoisotopic (exact) mass is 376 g/mol. The van der Waals surface area contributed by atoms with E-state index in [0.29, 0.717) is 17.7 Å². The van der Waals surface area contributed by atoms with Crippen LogP contribution in [0, 0.1) is 10.1 Å². The molecule has 0 saturated heterocycles. The van der Waals surface area contributed by atoms with E-state index >= 15 is 0 Å². The minimum Gasteiger partial charge on any atom is -0.483 e. The van der Waals surface area contributed by atoms with E-state index in [-0.39, 0.29) is 35.6 Å². The molecule has 0 bridgehead atoms. The van der Waals surface area contributed by atoms with Crippen LogP contribution in [-0.2, 0) is 4.79 Å². The highest BCUT2D eigenvalue weighted by atomic mass is 35.5. The molecule has 2 aromatic rings. The van der Waals surface area contributed by atoms with Gasteiger partial charge in [-0.25, -0.2) is 0 Å². The van der Waals surface area contributed by atoms with Crippen LogP contribution in [-0.4, -0.2) is 23.7 Å². The summed E-state index contributed by atoms with van der Waals surface area (Å²) in [5.74, 6) is -0.262. The topological polar surface area (TPSA) is 98.5 Å². The second kappa shape index (κ2) is 8.96. The Kier molecular flexibility index (Phi) is 6.68. The molecular formula is C18H17ClN2O5. The Morgan fingerprint density at radius 3 is 2.58 bits per heavy atom. The van der Waals surface area contributed by atoms with Gasteiger partial charge in [-0.15, -0.1) is 0 Å². The largest absolute Gasteiger partial charge is 0.483 e. The van der Waals surface area contributed by atoms with E-state index in [1.165, 1.54) is 12.1 Å². The van der Waals surface area contributed by atoms with Crippen LogP contribution in [0.2, 0.25) is 5.02 Å². The summed E-state index contributed by atoms with van der Waals surface area (Å²) in [6.07, 6.45) is 1.12. The van der Waals surface area contributed by atoms with Gasteiger partial charge in [-0.1, -0.05) is 30.7 Å². The van der Waals surface area contributed by atoms with Gasteiger partial charge in [0.25, 0.3) is 11.6 Å². The number of hydrogen-bond acceptors (Lipinski definition) is 5.